The zero-order valence-corrected chi connectivity index (χ0v) is 17.2. The monoisotopic (exact) mass is 406 g/mol. The number of carboxylic acids is 1. The average molecular weight is 406 g/mol. The molecule has 0 amide bonds. The van der Waals surface area contributed by atoms with E-state index in [9.17, 15) is 9.90 Å². The highest BCUT2D eigenvalue weighted by atomic mass is 16.5. The van der Waals surface area contributed by atoms with Crippen molar-refractivity contribution in [3.8, 4) is 11.5 Å². The minimum absolute atomic E-state index is 0.269. The van der Waals surface area contributed by atoms with E-state index < -0.39 is 12.0 Å². The first-order chi connectivity index (χ1) is 14.6. The van der Waals surface area contributed by atoms with Crippen LogP contribution < -0.4 is 9.47 Å². The lowest BCUT2D eigenvalue weighted by atomic mass is 9.90. The number of likely N-dealkylation sites (tertiary alicyclic amines) is 1. The highest BCUT2D eigenvalue weighted by Gasteiger charge is 2.36. The van der Waals surface area contributed by atoms with Crippen LogP contribution in [0.2, 0.25) is 0 Å². The van der Waals surface area contributed by atoms with Gasteiger partial charge in [-0.2, -0.15) is 0 Å². The maximum absolute atomic E-state index is 12.1. The van der Waals surface area contributed by atoms with Crippen LogP contribution >= 0.6 is 0 Å². The summed E-state index contributed by atoms with van der Waals surface area (Å²) in [6.45, 7) is 0.705. The van der Waals surface area contributed by atoms with Crippen molar-refractivity contribution in [1.82, 2.24) is 9.88 Å². The SMILES string of the molecule is COc1ccc(OC)c(C(c2ccc3cnccc3c2)N2CCCCC2C(=O)O)c1. The van der Waals surface area contributed by atoms with Crippen molar-refractivity contribution in [3.63, 3.8) is 0 Å². The van der Waals surface area contributed by atoms with E-state index in [1.165, 1.54) is 0 Å². The van der Waals surface area contributed by atoms with Gasteiger partial charge in [0.25, 0.3) is 0 Å². The fraction of sp³-hybridized carbons (Fsp3) is 0.333. The molecule has 156 valence electrons. The van der Waals surface area contributed by atoms with Crippen molar-refractivity contribution in [2.45, 2.75) is 31.3 Å². The summed E-state index contributed by atoms with van der Waals surface area (Å²) in [5.41, 5.74) is 1.92. The minimum atomic E-state index is -0.786. The van der Waals surface area contributed by atoms with E-state index in [1.54, 1.807) is 20.4 Å². The first kappa shape index (κ1) is 20.2. The molecule has 1 saturated heterocycles. The van der Waals surface area contributed by atoms with Crippen molar-refractivity contribution in [1.29, 1.82) is 0 Å². The Morgan fingerprint density at radius 1 is 1.10 bits per heavy atom. The van der Waals surface area contributed by atoms with Crippen molar-refractivity contribution in [3.05, 3.63) is 66.0 Å². The van der Waals surface area contributed by atoms with Crippen LogP contribution in [0.25, 0.3) is 10.8 Å². The van der Waals surface area contributed by atoms with Gasteiger partial charge in [-0.15, -0.1) is 0 Å². The van der Waals surface area contributed by atoms with Gasteiger partial charge in [0.1, 0.15) is 17.5 Å². The Hall–Kier alpha value is -3.12. The van der Waals surface area contributed by atoms with Gasteiger partial charge in [0.2, 0.25) is 0 Å². The normalized spacial score (nSPS) is 18.1. The van der Waals surface area contributed by atoms with Crippen LogP contribution in [-0.2, 0) is 4.79 Å². The van der Waals surface area contributed by atoms with Crippen LogP contribution in [0, 0.1) is 0 Å². The van der Waals surface area contributed by atoms with Crippen molar-refractivity contribution in [2.24, 2.45) is 0 Å². The van der Waals surface area contributed by atoms with Gasteiger partial charge in [-0.3, -0.25) is 14.7 Å². The molecule has 2 atom stereocenters. The summed E-state index contributed by atoms with van der Waals surface area (Å²) in [4.78, 5) is 18.4. The predicted molar refractivity (Wildman–Crippen MR) is 115 cm³/mol. The van der Waals surface area contributed by atoms with Gasteiger partial charge >= 0.3 is 5.97 Å². The molecule has 0 spiro atoms. The van der Waals surface area contributed by atoms with E-state index in [2.05, 4.69) is 22.0 Å². The molecule has 6 nitrogen and oxygen atoms in total. The van der Waals surface area contributed by atoms with Gasteiger partial charge in [0.15, 0.2) is 0 Å². The first-order valence-electron chi connectivity index (χ1n) is 10.2. The summed E-state index contributed by atoms with van der Waals surface area (Å²) in [6, 6.07) is 13.1. The fourth-order valence-electron chi connectivity index (χ4n) is 4.40. The number of aromatic nitrogens is 1. The molecule has 2 unspecified atom stereocenters. The smallest absolute Gasteiger partial charge is 0.320 e. The molecule has 0 bridgehead atoms. The molecular weight excluding hydrogens is 380 g/mol. The Bertz CT molecular complexity index is 1050. The average Bonchev–Trinajstić information content (AvgIpc) is 2.79. The van der Waals surface area contributed by atoms with Crippen molar-refractivity contribution in [2.75, 3.05) is 20.8 Å². The van der Waals surface area contributed by atoms with Crippen LogP contribution in [0.1, 0.15) is 36.4 Å². The fourth-order valence-corrected chi connectivity index (χ4v) is 4.40. The molecule has 1 aliphatic rings. The van der Waals surface area contributed by atoms with E-state index >= 15 is 0 Å². The summed E-state index contributed by atoms with van der Waals surface area (Å²) < 4.78 is 11.2. The van der Waals surface area contributed by atoms with E-state index in [-0.39, 0.29) is 6.04 Å². The van der Waals surface area contributed by atoms with E-state index in [1.807, 2.05) is 36.5 Å². The number of fused-ring (bicyclic) bond motifs is 1. The number of carbonyl (C=O) groups is 1. The van der Waals surface area contributed by atoms with Crippen LogP contribution in [0.15, 0.2) is 54.9 Å². The Balaban J connectivity index is 1.91. The third-order valence-electron chi connectivity index (χ3n) is 5.87. The number of aliphatic carboxylic acids is 1. The quantitative estimate of drug-likeness (QED) is 0.659. The Labute approximate surface area is 176 Å². The maximum Gasteiger partial charge on any atom is 0.320 e. The number of carboxylic acid groups (broad SMARTS) is 1. The van der Waals surface area contributed by atoms with E-state index in [0.29, 0.717) is 24.5 Å². The number of pyridine rings is 1. The highest BCUT2D eigenvalue weighted by molar-refractivity contribution is 5.82. The molecule has 1 aliphatic heterocycles. The summed E-state index contributed by atoms with van der Waals surface area (Å²) >= 11 is 0. The number of nitrogens with zero attached hydrogens (tertiary/aromatic N) is 2. The molecule has 1 fully saturated rings. The molecule has 2 heterocycles. The third kappa shape index (κ3) is 3.83. The topological polar surface area (TPSA) is 71.9 Å². The molecule has 0 radical (unpaired) electrons. The molecule has 0 saturated carbocycles. The number of benzene rings is 2. The molecule has 3 aromatic rings. The van der Waals surface area contributed by atoms with E-state index in [4.69, 9.17) is 9.47 Å². The summed E-state index contributed by atoms with van der Waals surface area (Å²) in [5.74, 6) is 0.640. The summed E-state index contributed by atoms with van der Waals surface area (Å²) in [6.07, 6.45) is 6.12. The Morgan fingerprint density at radius 2 is 1.97 bits per heavy atom. The number of methoxy groups -OCH3 is 2. The number of hydrogen-bond donors (Lipinski definition) is 1. The van der Waals surface area contributed by atoms with Gasteiger partial charge in [-0.25, -0.2) is 0 Å². The second kappa shape index (κ2) is 8.71. The zero-order valence-electron chi connectivity index (χ0n) is 17.2. The molecule has 6 heteroatoms. The third-order valence-corrected chi connectivity index (χ3v) is 5.87. The number of ether oxygens (including phenoxy) is 2. The number of piperidine rings is 1. The van der Waals surface area contributed by atoms with Gasteiger partial charge in [-0.1, -0.05) is 18.6 Å². The number of rotatable bonds is 6. The molecular formula is C24H26N2O4. The van der Waals surface area contributed by atoms with Crippen molar-refractivity contribution < 1.29 is 19.4 Å². The molecule has 1 N–H and O–H groups in total. The highest BCUT2D eigenvalue weighted by Crippen LogP contribution is 2.40. The Kier molecular flexibility index (Phi) is 5.86. The molecule has 2 aromatic carbocycles. The number of hydrogen-bond acceptors (Lipinski definition) is 5. The van der Waals surface area contributed by atoms with Crippen LogP contribution in [0.3, 0.4) is 0 Å². The molecule has 0 aliphatic carbocycles. The summed E-state index contributed by atoms with van der Waals surface area (Å²) in [7, 11) is 3.27. The second-order valence-electron chi connectivity index (χ2n) is 7.58. The molecule has 1 aromatic heterocycles. The van der Waals surface area contributed by atoms with Crippen LogP contribution in [0.4, 0.5) is 0 Å². The van der Waals surface area contributed by atoms with Gasteiger partial charge in [-0.05, 0) is 60.7 Å². The molecule has 4 rings (SSSR count). The standard InChI is InChI=1S/C24H26N2O4/c1-29-19-8-9-22(30-2)20(14-19)23(26-12-4-3-5-21(26)24(27)28)17-6-7-18-15-25-11-10-16(18)13-17/h6-11,13-15,21,23H,3-5,12H2,1-2H3,(H,27,28). The Morgan fingerprint density at radius 3 is 2.73 bits per heavy atom. The van der Waals surface area contributed by atoms with Crippen LogP contribution in [0.5, 0.6) is 11.5 Å². The lowest BCUT2D eigenvalue weighted by Gasteiger charge is -2.40. The lowest BCUT2D eigenvalue weighted by molar-refractivity contribution is -0.145. The zero-order chi connectivity index (χ0) is 21.1. The minimum Gasteiger partial charge on any atom is -0.497 e. The second-order valence-corrected chi connectivity index (χ2v) is 7.58. The van der Waals surface area contributed by atoms with Crippen molar-refractivity contribution >= 4 is 16.7 Å². The first-order valence-corrected chi connectivity index (χ1v) is 10.2. The van der Waals surface area contributed by atoms with Crippen LogP contribution in [-0.4, -0.2) is 47.8 Å². The molecule has 30 heavy (non-hydrogen) atoms. The lowest BCUT2D eigenvalue weighted by Crippen LogP contribution is -2.46. The van der Waals surface area contributed by atoms with Gasteiger partial charge < -0.3 is 14.6 Å². The largest absolute Gasteiger partial charge is 0.497 e. The van der Waals surface area contributed by atoms with E-state index in [0.717, 1.165) is 34.7 Å². The maximum atomic E-state index is 12.1. The van der Waals surface area contributed by atoms with Gasteiger partial charge in [0, 0.05) is 23.3 Å². The van der Waals surface area contributed by atoms with Gasteiger partial charge in [0.05, 0.1) is 20.3 Å². The summed E-state index contributed by atoms with van der Waals surface area (Å²) in [5, 5.41) is 12.1. The predicted octanol–water partition coefficient (Wildman–Crippen LogP) is 4.28.